The highest BCUT2D eigenvalue weighted by Gasteiger charge is 2.42. The lowest BCUT2D eigenvalue weighted by Crippen LogP contribution is -2.16. The lowest BCUT2D eigenvalue weighted by Gasteiger charge is -2.27. The standard InChI is InChI=1S/C76H49F24N/c1-67(2,3)51-29-50(30-52(33-51)68(4,5)6)61-9-7-8-10-64(61)101-65-13-11-38(40-15-42(46-21-53(69(77,78)79)34-54(22-46)70(80,81)82)19-43(16-40)47-23-55(71(83,84)85)35-56(24-47)72(86,87)88)31-62(65)63-32-39(12-14-66(63)101)41-17-44(48-25-57(73(89,90)91)36-58(26-48)74(92,93)94)20-45(18-41)49-27-59(75(95,96)97)37-60(28-49)76(98,99)100/h7-37H,1-6H3. The molecule has 25 heteroatoms. The van der Waals surface area contributed by atoms with Crippen LogP contribution in [-0.4, -0.2) is 4.57 Å². The van der Waals surface area contributed by atoms with Crippen molar-refractivity contribution in [3.05, 3.63) is 244 Å². The summed E-state index contributed by atoms with van der Waals surface area (Å²) in [6, 6.07) is 28.4. The van der Waals surface area contributed by atoms with Crippen molar-refractivity contribution >= 4 is 21.8 Å². The van der Waals surface area contributed by atoms with E-state index in [9.17, 15) is 105 Å². The van der Waals surface area contributed by atoms with Gasteiger partial charge in [-0.1, -0.05) is 90.1 Å². The molecule has 0 N–H and O–H groups in total. The topological polar surface area (TPSA) is 4.93 Å². The van der Waals surface area contributed by atoms with Gasteiger partial charge in [-0.15, -0.1) is 0 Å². The molecule has 0 fully saturated rings. The van der Waals surface area contributed by atoms with Gasteiger partial charge in [0.1, 0.15) is 0 Å². The summed E-state index contributed by atoms with van der Waals surface area (Å²) in [7, 11) is 0. The smallest absolute Gasteiger partial charge is 0.309 e. The zero-order chi connectivity index (χ0) is 74.2. The molecule has 0 atom stereocenters. The zero-order valence-corrected chi connectivity index (χ0v) is 52.9. The molecule has 11 rings (SSSR count). The molecule has 0 aliphatic rings. The van der Waals surface area contributed by atoms with E-state index in [1.165, 1.54) is 36.4 Å². The minimum Gasteiger partial charge on any atom is -0.309 e. The highest BCUT2D eigenvalue weighted by Crippen LogP contribution is 2.49. The predicted octanol–water partition coefficient (Wildman–Crippen LogP) is 27.2. The van der Waals surface area contributed by atoms with Crippen LogP contribution in [0, 0.1) is 0 Å². The van der Waals surface area contributed by atoms with Crippen LogP contribution >= 0.6 is 0 Å². The first kappa shape index (κ1) is 72.6. The molecule has 101 heavy (non-hydrogen) atoms. The van der Waals surface area contributed by atoms with Gasteiger partial charge >= 0.3 is 49.4 Å². The number of nitrogens with zero attached hydrogens (tertiary/aromatic N) is 1. The van der Waals surface area contributed by atoms with Crippen LogP contribution in [-0.2, 0) is 60.2 Å². The Balaban J connectivity index is 1.25. The van der Waals surface area contributed by atoms with E-state index in [0.717, 1.165) is 47.5 Å². The number of rotatable bonds is 8. The molecule has 10 aromatic carbocycles. The molecule has 526 valence electrons. The molecule has 0 spiro atoms. The molecule has 0 saturated carbocycles. The first-order valence-corrected chi connectivity index (χ1v) is 30.1. The number of fused-ring (bicyclic) bond motifs is 3. The summed E-state index contributed by atoms with van der Waals surface area (Å²) in [5.74, 6) is 0. The van der Waals surface area contributed by atoms with Gasteiger partial charge in [0, 0.05) is 16.3 Å². The Morgan fingerprint density at radius 3 is 0.644 bits per heavy atom. The first-order valence-electron chi connectivity index (χ1n) is 30.1. The van der Waals surface area contributed by atoms with Crippen molar-refractivity contribution in [2.75, 3.05) is 0 Å². The van der Waals surface area contributed by atoms with Crippen LogP contribution in [0.25, 0.3) is 105 Å². The second-order valence-electron chi connectivity index (χ2n) is 26.4. The van der Waals surface area contributed by atoms with Crippen LogP contribution in [0.2, 0.25) is 0 Å². The minimum absolute atomic E-state index is 0.0728. The molecule has 1 heterocycles. The van der Waals surface area contributed by atoms with Crippen molar-refractivity contribution in [1.29, 1.82) is 0 Å². The molecule has 1 nitrogen and oxygen atoms in total. The molecule has 11 aromatic rings. The maximum Gasteiger partial charge on any atom is 0.416 e. The van der Waals surface area contributed by atoms with Crippen molar-refractivity contribution in [3.63, 3.8) is 0 Å². The van der Waals surface area contributed by atoms with Gasteiger partial charge in [0.2, 0.25) is 0 Å². The highest BCUT2D eigenvalue weighted by molar-refractivity contribution is 6.12. The van der Waals surface area contributed by atoms with E-state index in [1.54, 1.807) is 28.8 Å². The van der Waals surface area contributed by atoms with Crippen molar-refractivity contribution in [2.45, 2.75) is 102 Å². The summed E-state index contributed by atoms with van der Waals surface area (Å²) in [6.45, 7) is 11.9. The third kappa shape index (κ3) is 15.2. The number of aromatic nitrogens is 1. The third-order valence-corrected chi connectivity index (χ3v) is 17.1. The van der Waals surface area contributed by atoms with E-state index in [0.29, 0.717) is 16.8 Å². The van der Waals surface area contributed by atoms with Gasteiger partial charge in [-0.25, -0.2) is 0 Å². The molecule has 0 saturated heterocycles. The number of halogens is 24. The Morgan fingerprint density at radius 2 is 0.406 bits per heavy atom. The summed E-state index contributed by atoms with van der Waals surface area (Å²) in [5.41, 5.74) is -18.2. The second kappa shape index (κ2) is 24.6. The molecule has 0 unspecified atom stereocenters. The quantitative estimate of drug-likeness (QED) is 0.134. The first-order chi connectivity index (χ1) is 46.3. The van der Waals surface area contributed by atoms with Crippen LogP contribution in [0.15, 0.2) is 188 Å². The Kier molecular flexibility index (Phi) is 17.6. The van der Waals surface area contributed by atoms with Crippen molar-refractivity contribution in [2.24, 2.45) is 0 Å². The van der Waals surface area contributed by atoms with Crippen LogP contribution in [0.4, 0.5) is 105 Å². The van der Waals surface area contributed by atoms with Gasteiger partial charge in [0.05, 0.1) is 61.2 Å². The Hall–Kier alpha value is -9.68. The normalized spacial score (nSPS) is 13.4. The average Bonchev–Trinajstić information content (AvgIpc) is 1.60. The largest absolute Gasteiger partial charge is 0.416 e. The molecule has 0 radical (unpaired) electrons. The molecule has 0 bridgehead atoms. The van der Waals surface area contributed by atoms with E-state index in [4.69, 9.17) is 0 Å². The Morgan fingerprint density at radius 1 is 0.198 bits per heavy atom. The second-order valence-corrected chi connectivity index (χ2v) is 26.4. The Bertz CT molecular complexity index is 4460. The van der Waals surface area contributed by atoms with Crippen LogP contribution in [0.3, 0.4) is 0 Å². The monoisotopic (exact) mass is 1430 g/mol. The van der Waals surface area contributed by atoms with Gasteiger partial charge < -0.3 is 4.57 Å². The third-order valence-electron chi connectivity index (χ3n) is 17.1. The van der Waals surface area contributed by atoms with E-state index < -0.39 is 149 Å². The van der Waals surface area contributed by atoms with Crippen LogP contribution in [0.5, 0.6) is 0 Å². The van der Waals surface area contributed by atoms with Crippen molar-refractivity contribution in [3.8, 4) is 83.6 Å². The van der Waals surface area contributed by atoms with E-state index in [-0.39, 0.29) is 117 Å². The summed E-state index contributed by atoms with van der Waals surface area (Å²) in [5, 5.41) is 0.238. The van der Waals surface area contributed by atoms with Crippen LogP contribution in [0.1, 0.15) is 97.2 Å². The molecule has 1 aromatic heterocycles. The van der Waals surface area contributed by atoms with Gasteiger partial charge in [-0.2, -0.15) is 105 Å². The summed E-state index contributed by atoms with van der Waals surface area (Å²) in [4.78, 5) is 0. The maximum absolute atomic E-state index is 14.5. The predicted molar refractivity (Wildman–Crippen MR) is 336 cm³/mol. The number of para-hydroxylation sites is 1. The lowest BCUT2D eigenvalue weighted by molar-refractivity contribution is -0.144. The fourth-order valence-electron chi connectivity index (χ4n) is 11.9. The van der Waals surface area contributed by atoms with Gasteiger partial charge in [-0.3, -0.25) is 0 Å². The Labute approximate surface area is 558 Å². The van der Waals surface area contributed by atoms with Gasteiger partial charge in [-0.05, 0) is 234 Å². The summed E-state index contributed by atoms with van der Waals surface area (Å²) in [6.07, 6.45) is -43.7. The summed E-state index contributed by atoms with van der Waals surface area (Å²) < 4.78 is 350. The van der Waals surface area contributed by atoms with Crippen molar-refractivity contribution < 1.29 is 105 Å². The van der Waals surface area contributed by atoms with E-state index in [1.807, 2.05) is 59.7 Å². The van der Waals surface area contributed by atoms with E-state index >= 15 is 0 Å². The molecule has 0 aliphatic carbocycles. The fraction of sp³-hybridized carbons (Fsp3) is 0.211. The number of hydrogen-bond acceptors (Lipinski definition) is 0. The molecule has 0 aliphatic heterocycles. The maximum atomic E-state index is 14.5. The van der Waals surface area contributed by atoms with Crippen LogP contribution < -0.4 is 0 Å². The SMILES string of the molecule is CC(C)(C)c1cc(-c2ccccc2-n2c3ccc(-c4cc(-c5cc(C(F)(F)F)cc(C(F)(F)F)c5)cc(-c5cc(C(F)(F)F)cc(C(F)(F)F)c5)c4)cc3c3cc(-c4cc(-c5cc(C(F)(F)F)cc(C(F)(F)F)c5)cc(-c5cc(C(F)(F)F)cc(C(F)(F)F)c5)c4)ccc32)cc(C(C)(C)C)c1. The number of hydrogen-bond donors (Lipinski definition) is 0. The zero-order valence-electron chi connectivity index (χ0n) is 52.9. The average molecular weight is 1430 g/mol. The summed E-state index contributed by atoms with van der Waals surface area (Å²) >= 11 is 0. The molecular formula is C76H49F24N. The van der Waals surface area contributed by atoms with Gasteiger partial charge in [0.15, 0.2) is 0 Å². The van der Waals surface area contributed by atoms with Gasteiger partial charge in [0.25, 0.3) is 0 Å². The van der Waals surface area contributed by atoms with E-state index in [2.05, 4.69) is 0 Å². The lowest BCUT2D eigenvalue weighted by atomic mass is 9.79. The highest BCUT2D eigenvalue weighted by atomic mass is 19.4. The number of alkyl halides is 24. The van der Waals surface area contributed by atoms with Crippen molar-refractivity contribution in [1.82, 2.24) is 4.57 Å². The fourth-order valence-corrected chi connectivity index (χ4v) is 11.9. The molecule has 0 amide bonds. The number of benzene rings is 10. The minimum atomic E-state index is -5.47. The molecular weight excluding hydrogens is 1380 g/mol.